The van der Waals surface area contributed by atoms with Crippen LogP contribution in [0.1, 0.15) is 55.4 Å². The minimum atomic E-state index is -4.02. The number of carboxylic acid groups (broad SMARTS) is 1. The SMILES string of the molecule is O=C(O)C[C@H]1O[C@H](c2cccc(Cl)c2)[C@@H](c2ccc(Cl)c(F)c2)N([C@H](CN(c2ccccc2F)S(=O)(=O)C2CC2)C2CC2)C1=O. The van der Waals surface area contributed by atoms with Crippen molar-refractivity contribution >= 4 is 50.8 Å². The Labute approximate surface area is 269 Å². The first kappa shape index (κ1) is 31.7. The van der Waals surface area contributed by atoms with E-state index in [4.69, 9.17) is 27.9 Å². The summed E-state index contributed by atoms with van der Waals surface area (Å²) in [6.07, 6.45) is -0.959. The predicted octanol–water partition coefficient (Wildman–Crippen LogP) is 6.53. The molecule has 3 aromatic rings. The van der Waals surface area contributed by atoms with Crippen molar-refractivity contribution in [3.63, 3.8) is 0 Å². The number of carbonyl (C=O) groups excluding carboxylic acids is 1. The van der Waals surface area contributed by atoms with Gasteiger partial charge in [-0.05, 0) is 79.1 Å². The van der Waals surface area contributed by atoms with E-state index in [0.717, 1.165) is 4.31 Å². The molecular weight excluding hydrogens is 649 g/mol. The van der Waals surface area contributed by atoms with Crippen LogP contribution in [0.2, 0.25) is 10.0 Å². The van der Waals surface area contributed by atoms with Gasteiger partial charge in [-0.25, -0.2) is 17.2 Å². The minimum absolute atomic E-state index is 0.140. The van der Waals surface area contributed by atoms with Gasteiger partial charge in [0.05, 0.1) is 41.0 Å². The maximum atomic E-state index is 15.3. The lowest BCUT2D eigenvalue weighted by molar-refractivity contribution is -0.183. The summed E-state index contributed by atoms with van der Waals surface area (Å²) in [4.78, 5) is 27.7. The van der Waals surface area contributed by atoms with Gasteiger partial charge in [-0.15, -0.1) is 0 Å². The van der Waals surface area contributed by atoms with E-state index in [1.807, 2.05) is 0 Å². The third kappa shape index (κ3) is 6.54. The average molecular weight is 680 g/mol. The van der Waals surface area contributed by atoms with E-state index in [1.54, 1.807) is 30.3 Å². The van der Waals surface area contributed by atoms with Gasteiger partial charge in [-0.1, -0.05) is 53.5 Å². The molecule has 3 aliphatic rings. The van der Waals surface area contributed by atoms with E-state index in [9.17, 15) is 27.5 Å². The van der Waals surface area contributed by atoms with Gasteiger partial charge in [-0.2, -0.15) is 0 Å². The predicted molar refractivity (Wildman–Crippen MR) is 165 cm³/mol. The minimum Gasteiger partial charge on any atom is -0.481 e. The zero-order valence-corrected chi connectivity index (χ0v) is 26.2. The monoisotopic (exact) mass is 678 g/mol. The van der Waals surface area contributed by atoms with Crippen LogP contribution < -0.4 is 4.31 Å². The van der Waals surface area contributed by atoms with Crippen LogP contribution in [0.3, 0.4) is 0 Å². The van der Waals surface area contributed by atoms with Crippen molar-refractivity contribution in [1.29, 1.82) is 0 Å². The number of hydrogen-bond acceptors (Lipinski definition) is 5. The quantitative estimate of drug-likeness (QED) is 0.247. The van der Waals surface area contributed by atoms with E-state index in [-0.39, 0.29) is 23.2 Å². The van der Waals surface area contributed by atoms with E-state index >= 15 is 4.39 Å². The number of hydrogen-bond donors (Lipinski definition) is 1. The number of morpholine rings is 1. The molecule has 0 aromatic heterocycles. The molecule has 3 fully saturated rings. The van der Waals surface area contributed by atoms with Gasteiger partial charge < -0.3 is 14.7 Å². The highest BCUT2D eigenvalue weighted by atomic mass is 35.5. The number of anilines is 1. The number of carboxylic acids is 1. The third-order valence-electron chi connectivity index (χ3n) is 8.50. The smallest absolute Gasteiger partial charge is 0.306 e. The molecule has 2 saturated carbocycles. The molecule has 1 N–H and O–H groups in total. The van der Waals surface area contributed by atoms with E-state index < -0.39 is 69.5 Å². The van der Waals surface area contributed by atoms with Crippen LogP contribution in [0, 0.1) is 17.6 Å². The lowest BCUT2D eigenvalue weighted by Crippen LogP contribution is -2.59. The number of benzene rings is 3. The topological polar surface area (TPSA) is 104 Å². The molecule has 1 aliphatic heterocycles. The lowest BCUT2D eigenvalue weighted by Gasteiger charge is -2.49. The summed E-state index contributed by atoms with van der Waals surface area (Å²) in [5.74, 6) is -3.64. The van der Waals surface area contributed by atoms with Crippen molar-refractivity contribution in [3.05, 3.63) is 99.5 Å². The Morgan fingerprint density at radius 1 is 0.978 bits per heavy atom. The fourth-order valence-electron chi connectivity index (χ4n) is 6.05. The summed E-state index contributed by atoms with van der Waals surface area (Å²) in [5, 5.41) is 9.25. The maximum absolute atomic E-state index is 15.3. The van der Waals surface area contributed by atoms with Gasteiger partial charge in [0, 0.05) is 5.02 Å². The van der Waals surface area contributed by atoms with Crippen molar-refractivity contribution < 1.29 is 36.6 Å². The molecule has 1 heterocycles. The molecule has 0 unspecified atom stereocenters. The molecule has 8 nitrogen and oxygen atoms in total. The van der Waals surface area contributed by atoms with Gasteiger partial charge in [0.25, 0.3) is 5.91 Å². The fourth-order valence-corrected chi connectivity index (χ4v) is 8.24. The Morgan fingerprint density at radius 3 is 2.33 bits per heavy atom. The normalized spacial score (nSPS) is 22.7. The number of carbonyl (C=O) groups is 2. The van der Waals surface area contributed by atoms with Gasteiger partial charge in [0.15, 0.2) is 0 Å². The van der Waals surface area contributed by atoms with Crippen LogP contribution in [-0.2, 0) is 24.3 Å². The Balaban J connectivity index is 1.52. The zero-order valence-electron chi connectivity index (χ0n) is 23.9. The Bertz CT molecular complexity index is 1740. The van der Waals surface area contributed by atoms with Crippen molar-refractivity contribution in [1.82, 2.24) is 4.90 Å². The van der Waals surface area contributed by atoms with Crippen LogP contribution in [-0.4, -0.2) is 54.2 Å². The Kier molecular flexibility index (Phi) is 8.82. The second-order valence-corrected chi connectivity index (χ2v) is 14.7. The molecule has 6 rings (SSSR count). The van der Waals surface area contributed by atoms with Crippen LogP contribution >= 0.6 is 23.2 Å². The molecule has 238 valence electrons. The fraction of sp³-hybridized carbons (Fsp3) is 0.375. The highest BCUT2D eigenvalue weighted by molar-refractivity contribution is 7.93. The largest absolute Gasteiger partial charge is 0.481 e. The number of nitrogens with zero attached hydrogens (tertiary/aromatic N) is 2. The maximum Gasteiger partial charge on any atom is 0.306 e. The summed E-state index contributed by atoms with van der Waals surface area (Å²) in [6.45, 7) is -0.287. The molecule has 0 spiro atoms. The first-order chi connectivity index (χ1) is 21.5. The summed E-state index contributed by atoms with van der Waals surface area (Å²) in [5.41, 5.74) is 0.664. The van der Waals surface area contributed by atoms with Gasteiger partial charge in [-0.3, -0.25) is 13.9 Å². The second kappa shape index (κ2) is 12.5. The summed E-state index contributed by atoms with van der Waals surface area (Å²) in [6, 6.07) is 14.4. The lowest BCUT2D eigenvalue weighted by atomic mass is 9.89. The first-order valence-corrected chi connectivity index (χ1v) is 16.9. The molecule has 13 heteroatoms. The standard InChI is InChI=1S/C32H30Cl2F2N2O6S/c33-21-5-3-4-20(14-21)31-30(19-10-13-23(34)25(36)15-19)38(32(41)28(44-31)16-29(39)40)27(18-8-9-18)17-37(45(42,43)22-11-12-22)26-7-2-1-6-24(26)35/h1-7,10,13-15,18,22,27-28,30-31H,8-9,11-12,16-17H2,(H,39,40)/t27-,28-,30-,31-/m1/s1. The molecule has 3 aromatic carbocycles. The van der Waals surface area contributed by atoms with Gasteiger partial charge >= 0.3 is 5.97 Å². The van der Waals surface area contributed by atoms with Crippen molar-refractivity contribution in [2.75, 3.05) is 10.8 Å². The summed E-state index contributed by atoms with van der Waals surface area (Å²) < 4.78 is 65.2. The number of para-hydroxylation sites is 1. The third-order valence-corrected chi connectivity index (χ3v) is 11.3. The number of amides is 1. The molecule has 1 saturated heterocycles. The van der Waals surface area contributed by atoms with Crippen LogP contribution in [0.25, 0.3) is 0 Å². The number of halogens is 4. The molecule has 0 radical (unpaired) electrons. The number of aliphatic carboxylic acids is 1. The van der Waals surface area contributed by atoms with Crippen molar-refractivity contribution in [3.8, 4) is 0 Å². The molecule has 4 atom stereocenters. The van der Waals surface area contributed by atoms with Crippen LogP contribution in [0.15, 0.2) is 66.7 Å². The molecular formula is C32H30Cl2F2N2O6S. The molecule has 45 heavy (non-hydrogen) atoms. The van der Waals surface area contributed by atoms with E-state index in [2.05, 4.69) is 0 Å². The first-order valence-electron chi connectivity index (χ1n) is 14.6. The van der Waals surface area contributed by atoms with Crippen LogP contribution in [0.4, 0.5) is 14.5 Å². The van der Waals surface area contributed by atoms with Crippen molar-refractivity contribution in [2.45, 2.75) is 61.6 Å². The molecule has 1 amide bonds. The highest BCUT2D eigenvalue weighted by Crippen LogP contribution is 2.49. The molecule has 0 bridgehead atoms. The number of rotatable bonds is 11. The van der Waals surface area contributed by atoms with Crippen molar-refractivity contribution in [2.24, 2.45) is 5.92 Å². The number of sulfonamides is 1. The second-order valence-electron chi connectivity index (χ2n) is 11.7. The van der Waals surface area contributed by atoms with Gasteiger partial charge in [0.1, 0.15) is 23.8 Å². The zero-order chi connectivity index (χ0) is 32.0. The van der Waals surface area contributed by atoms with Crippen LogP contribution in [0.5, 0.6) is 0 Å². The average Bonchev–Trinajstić information content (AvgIpc) is 3.90. The Hall–Kier alpha value is -3.25. The molecule has 2 aliphatic carbocycles. The highest BCUT2D eigenvalue weighted by Gasteiger charge is 2.52. The van der Waals surface area contributed by atoms with Gasteiger partial charge in [0.2, 0.25) is 10.0 Å². The van der Waals surface area contributed by atoms with E-state index in [0.29, 0.717) is 41.8 Å². The number of ether oxygens (including phenoxy) is 1. The Morgan fingerprint density at radius 2 is 1.71 bits per heavy atom. The van der Waals surface area contributed by atoms with E-state index in [1.165, 1.54) is 41.3 Å². The summed E-state index contributed by atoms with van der Waals surface area (Å²) in [7, 11) is -4.02. The summed E-state index contributed by atoms with van der Waals surface area (Å²) >= 11 is 12.4.